The molecule has 2 aromatic carbocycles. The van der Waals surface area contributed by atoms with Gasteiger partial charge in [-0.3, -0.25) is 4.90 Å². The van der Waals surface area contributed by atoms with Gasteiger partial charge in [-0.05, 0) is 44.2 Å². The highest BCUT2D eigenvalue weighted by atomic mass is 19.1. The van der Waals surface area contributed by atoms with Crippen LogP contribution in [0.3, 0.4) is 0 Å². The van der Waals surface area contributed by atoms with Crippen molar-refractivity contribution in [2.45, 2.75) is 26.4 Å². The molecule has 0 N–H and O–H groups in total. The molecule has 3 aromatic rings. The number of anilines is 1. The van der Waals surface area contributed by atoms with Crippen molar-refractivity contribution in [1.29, 1.82) is 0 Å². The molecule has 28 heavy (non-hydrogen) atoms. The van der Waals surface area contributed by atoms with Gasteiger partial charge < -0.3 is 9.32 Å². The van der Waals surface area contributed by atoms with Gasteiger partial charge in [0.25, 0.3) is 0 Å². The third-order valence-corrected chi connectivity index (χ3v) is 5.29. The summed E-state index contributed by atoms with van der Waals surface area (Å²) in [4.78, 5) is 9.18. The molecule has 6 heteroatoms. The molecule has 4 nitrogen and oxygen atoms in total. The van der Waals surface area contributed by atoms with E-state index in [2.05, 4.69) is 46.0 Å². The predicted molar refractivity (Wildman–Crippen MR) is 105 cm³/mol. The zero-order valence-electron chi connectivity index (χ0n) is 16.0. The normalized spacial score (nSPS) is 17.9. The summed E-state index contributed by atoms with van der Waals surface area (Å²) in [6, 6.07) is 14.0. The van der Waals surface area contributed by atoms with Crippen LogP contribution in [0.5, 0.6) is 0 Å². The van der Waals surface area contributed by atoms with Crippen LogP contribution in [0.4, 0.5) is 14.5 Å². The lowest BCUT2D eigenvalue weighted by Gasteiger charge is -2.40. The van der Waals surface area contributed by atoms with Crippen LogP contribution in [0.1, 0.15) is 18.4 Å². The van der Waals surface area contributed by atoms with Crippen LogP contribution in [0, 0.1) is 18.6 Å². The molecule has 1 aliphatic rings. The van der Waals surface area contributed by atoms with Gasteiger partial charge in [-0.1, -0.05) is 18.2 Å². The summed E-state index contributed by atoms with van der Waals surface area (Å²) in [7, 11) is 0. The molecule has 1 saturated heterocycles. The van der Waals surface area contributed by atoms with Crippen LogP contribution in [0.2, 0.25) is 0 Å². The fraction of sp³-hybridized carbons (Fsp3) is 0.318. The Balaban J connectivity index is 1.48. The van der Waals surface area contributed by atoms with Crippen LogP contribution in [0.15, 0.2) is 52.9 Å². The molecular formula is C22H23F2N3O. The molecular weight excluding hydrogens is 360 g/mol. The zero-order valence-corrected chi connectivity index (χ0v) is 16.0. The van der Waals surface area contributed by atoms with Crippen LogP contribution in [0.25, 0.3) is 11.5 Å². The number of hydrogen-bond donors (Lipinski definition) is 0. The second-order valence-electron chi connectivity index (χ2n) is 7.25. The number of aromatic nitrogens is 1. The van der Waals surface area contributed by atoms with Crippen molar-refractivity contribution < 1.29 is 13.2 Å². The van der Waals surface area contributed by atoms with Crippen LogP contribution in [-0.2, 0) is 6.54 Å². The highest BCUT2D eigenvalue weighted by molar-refractivity contribution is 5.54. The molecule has 0 bridgehead atoms. The van der Waals surface area contributed by atoms with Gasteiger partial charge in [-0.2, -0.15) is 0 Å². The maximum atomic E-state index is 14.0. The van der Waals surface area contributed by atoms with E-state index in [1.807, 2.05) is 13.0 Å². The first kappa shape index (κ1) is 18.6. The quantitative estimate of drug-likeness (QED) is 0.657. The third-order valence-electron chi connectivity index (χ3n) is 5.29. The SMILES string of the molecule is Cc1oc(-c2cc(F)ccc2F)nc1CN1CCN(c2ccccc2)CC1C. The summed E-state index contributed by atoms with van der Waals surface area (Å²) in [6.07, 6.45) is 0. The fourth-order valence-corrected chi connectivity index (χ4v) is 3.65. The Bertz CT molecular complexity index is 958. The first-order valence-electron chi connectivity index (χ1n) is 9.47. The number of halogens is 2. The Morgan fingerprint density at radius 3 is 2.64 bits per heavy atom. The van der Waals surface area contributed by atoms with E-state index in [0.29, 0.717) is 18.3 Å². The van der Waals surface area contributed by atoms with Crippen molar-refractivity contribution in [3.63, 3.8) is 0 Å². The number of hydrogen-bond acceptors (Lipinski definition) is 4. The largest absolute Gasteiger partial charge is 0.441 e. The van der Waals surface area contributed by atoms with Gasteiger partial charge in [0, 0.05) is 37.9 Å². The molecule has 1 fully saturated rings. The standard InChI is InChI=1S/C22H23F2N3O/c1-15-13-27(18-6-4-3-5-7-18)11-10-26(15)14-21-16(2)28-22(25-21)19-12-17(23)8-9-20(19)24/h3-9,12,15H,10-11,13-14H2,1-2H3. The van der Waals surface area contributed by atoms with E-state index in [9.17, 15) is 8.78 Å². The molecule has 146 valence electrons. The van der Waals surface area contributed by atoms with Crippen LogP contribution >= 0.6 is 0 Å². The Hall–Kier alpha value is -2.73. The Morgan fingerprint density at radius 1 is 1.11 bits per heavy atom. The van der Waals surface area contributed by atoms with Crippen molar-refractivity contribution in [3.05, 3.63) is 71.6 Å². The van der Waals surface area contributed by atoms with Gasteiger partial charge in [0.1, 0.15) is 17.4 Å². The van der Waals surface area contributed by atoms with Gasteiger partial charge in [0.15, 0.2) is 0 Å². The lowest BCUT2D eigenvalue weighted by atomic mass is 10.1. The van der Waals surface area contributed by atoms with Crippen LogP contribution in [-0.4, -0.2) is 35.6 Å². The number of benzene rings is 2. The monoisotopic (exact) mass is 383 g/mol. The van der Waals surface area contributed by atoms with E-state index >= 15 is 0 Å². The van der Waals surface area contributed by atoms with Gasteiger partial charge in [-0.25, -0.2) is 13.8 Å². The Kier molecular flexibility index (Phi) is 5.13. The van der Waals surface area contributed by atoms with E-state index in [-0.39, 0.29) is 11.5 Å². The molecule has 1 atom stereocenters. The number of nitrogens with zero attached hydrogens (tertiary/aromatic N) is 3. The van der Waals surface area contributed by atoms with E-state index in [0.717, 1.165) is 43.5 Å². The van der Waals surface area contributed by atoms with Crippen molar-refractivity contribution in [3.8, 4) is 11.5 Å². The number of aryl methyl sites for hydroxylation is 1. The molecule has 0 aliphatic carbocycles. The molecule has 0 amide bonds. The molecule has 2 heterocycles. The van der Waals surface area contributed by atoms with Crippen molar-refractivity contribution in [2.75, 3.05) is 24.5 Å². The highest BCUT2D eigenvalue weighted by Gasteiger charge is 2.26. The van der Waals surface area contributed by atoms with Gasteiger partial charge in [-0.15, -0.1) is 0 Å². The summed E-state index contributed by atoms with van der Waals surface area (Å²) in [5.41, 5.74) is 2.05. The summed E-state index contributed by atoms with van der Waals surface area (Å²) >= 11 is 0. The molecule has 0 spiro atoms. The fourth-order valence-electron chi connectivity index (χ4n) is 3.65. The predicted octanol–water partition coefficient (Wildman–Crippen LogP) is 4.64. The first-order valence-corrected chi connectivity index (χ1v) is 9.47. The van der Waals surface area contributed by atoms with Gasteiger partial charge in [0.05, 0.1) is 11.3 Å². The summed E-state index contributed by atoms with van der Waals surface area (Å²) in [5.74, 6) is -0.296. The minimum Gasteiger partial charge on any atom is -0.441 e. The van der Waals surface area contributed by atoms with Crippen molar-refractivity contribution in [1.82, 2.24) is 9.88 Å². The summed E-state index contributed by atoms with van der Waals surface area (Å²) < 4.78 is 33.2. The third kappa shape index (κ3) is 3.78. The van der Waals surface area contributed by atoms with Crippen molar-refractivity contribution >= 4 is 5.69 Å². The number of piperazine rings is 1. The number of para-hydroxylation sites is 1. The first-order chi connectivity index (χ1) is 13.5. The molecule has 1 aliphatic heterocycles. The summed E-state index contributed by atoms with van der Waals surface area (Å²) in [6.45, 7) is 7.37. The molecule has 1 aromatic heterocycles. The zero-order chi connectivity index (χ0) is 19.7. The second kappa shape index (κ2) is 7.72. The maximum Gasteiger partial charge on any atom is 0.229 e. The van der Waals surface area contributed by atoms with Crippen molar-refractivity contribution in [2.24, 2.45) is 0 Å². The topological polar surface area (TPSA) is 32.5 Å². The number of oxazole rings is 1. The average molecular weight is 383 g/mol. The summed E-state index contributed by atoms with van der Waals surface area (Å²) in [5, 5.41) is 0. The van der Waals surface area contributed by atoms with Gasteiger partial charge >= 0.3 is 0 Å². The van der Waals surface area contributed by atoms with Gasteiger partial charge in [0.2, 0.25) is 5.89 Å². The highest BCUT2D eigenvalue weighted by Crippen LogP contribution is 2.27. The molecule has 0 saturated carbocycles. The van der Waals surface area contributed by atoms with E-state index < -0.39 is 11.6 Å². The Labute approximate surface area is 163 Å². The lowest BCUT2D eigenvalue weighted by Crippen LogP contribution is -2.51. The maximum absolute atomic E-state index is 14.0. The Morgan fingerprint density at radius 2 is 1.89 bits per heavy atom. The molecule has 1 unspecified atom stereocenters. The number of rotatable bonds is 4. The smallest absolute Gasteiger partial charge is 0.229 e. The molecule has 0 radical (unpaired) electrons. The lowest BCUT2D eigenvalue weighted by molar-refractivity contribution is 0.178. The molecule has 4 rings (SSSR count). The van der Waals surface area contributed by atoms with E-state index in [1.165, 1.54) is 5.69 Å². The average Bonchev–Trinajstić information content (AvgIpc) is 3.06. The van der Waals surface area contributed by atoms with Crippen LogP contribution < -0.4 is 4.90 Å². The minimum atomic E-state index is -0.543. The van der Waals surface area contributed by atoms with E-state index in [1.54, 1.807) is 0 Å². The van der Waals surface area contributed by atoms with E-state index in [4.69, 9.17) is 4.42 Å². The minimum absolute atomic E-state index is 0.0521. The second-order valence-corrected chi connectivity index (χ2v) is 7.25.